The minimum absolute atomic E-state index is 0.228. The summed E-state index contributed by atoms with van der Waals surface area (Å²) in [6, 6.07) is 9.21. The molecule has 1 saturated heterocycles. The second-order valence-corrected chi connectivity index (χ2v) is 11.3. The third-order valence-electron chi connectivity index (χ3n) is 6.18. The van der Waals surface area contributed by atoms with Crippen molar-refractivity contribution in [3.63, 3.8) is 0 Å². The fourth-order valence-electron chi connectivity index (χ4n) is 4.30. The normalized spacial score (nSPS) is 14.7. The van der Waals surface area contributed by atoms with Crippen LogP contribution in [0.2, 0.25) is 0 Å². The highest BCUT2D eigenvalue weighted by Gasteiger charge is 2.25. The van der Waals surface area contributed by atoms with Crippen molar-refractivity contribution in [2.75, 3.05) is 44.7 Å². The smallest absolute Gasteiger partial charge is 0.407 e. The van der Waals surface area contributed by atoms with E-state index < -0.39 is 16.1 Å². The molecule has 1 aromatic carbocycles. The Kier molecular flexibility index (Phi) is 6.26. The lowest BCUT2D eigenvalue weighted by Crippen LogP contribution is -2.48. The van der Waals surface area contributed by atoms with Gasteiger partial charge in [-0.25, -0.2) is 22.9 Å². The van der Waals surface area contributed by atoms with Gasteiger partial charge in [-0.1, -0.05) is 0 Å². The van der Waals surface area contributed by atoms with Gasteiger partial charge in [0.1, 0.15) is 15.8 Å². The Morgan fingerprint density at radius 3 is 2.74 bits per heavy atom. The Bertz CT molecular complexity index is 1490. The number of thiophene rings is 1. The van der Waals surface area contributed by atoms with E-state index in [9.17, 15) is 18.3 Å². The number of aromatic amines is 1. The largest absolute Gasteiger partial charge is 0.497 e. The van der Waals surface area contributed by atoms with Crippen LogP contribution in [0.1, 0.15) is 5.56 Å². The van der Waals surface area contributed by atoms with Crippen molar-refractivity contribution in [2.45, 2.75) is 10.6 Å². The zero-order valence-corrected chi connectivity index (χ0v) is 20.7. The van der Waals surface area contributed by atoms with Crippen LogP contribution in [0.15, 0.2) is 46.9 Å². The van der Waals surface area contributed by atoms with Gasteiger partial charge < -0.3 is 24.6 Å². The molecule has 0 radical (unpaired) electrons. The number of rotatable bonds is 7. The van der Waals surface area contributed by atoms with E-state index in [1.54, 1.807) is 25.4 Å². The molecule has 1 aliphatic rings. The zero-order chi connectivity index (χ0) is 24.6. The number of carbonyl (C=O) groups is 1. The van der Waals surface area contributed by atoms with E-state index in [0.717, 1.165) is 32.3 Å². The number of aromatic nitrogens is 2. The van der Waals surface area contributed by atoms with Gasteiger partial charge >= 0.3 is 6.09 Å². The summed E-state index contributed by atoms with van der Waals surface area (Å²) in [5.74, 6) is 1.43. The standard InChI is InChI=1S/C23H25N5O5S2/c1-33-16-2-3-19-17(12-16)15(14-25-19)4-7-26-35(31,32)21-13-18-20(34-21)5-6-24-22(18)27-8-10-28(11-9-27)23(29)30/h2-3,5-6,12-14,25-26H,4,7-11H2,1H3,(H,29,30). The first-order chi connectivity index (χ1) is 16.9. The predicted molar refractivity (Wildman–Crippen MR) is 135 cm³/mol. The topological polar surface area (TPSA) is 128 Å². The number of fused-ring (bicyclic) bond motifs is 2. The Labute approximate surface area is 206 Å². The number of piperazine rings is 1. The van der Waals surface area contributed by atoms with Gasteiger partial charge in [0.25, 0.3) is 0 Å². The number of amides is 1. The molecular formula is C23H25N5O5S2. The van der Waals surface area contributed by atoms with E-state index in [-0.39, 0.29) is 10.8 Å². The minimum Gasteiger partial charge on any atom is -0.497 e. The second kappa shape index (κ2) is 9.36. The van der Waals surface area contributed by atoms with E-state index in [1.807, 2.05) is 29.3 Å². The number of carboxylic acid groups (broad SMARTS) is 1. The van der Waals surface area contributed by atoms with Crippen LogP contribution in [0, 0.1) is 0 Å². The number of ether oxygens (including phenoxy) is 1. The third-order valence-corrected chi connectivity index (χ3v) is 9.21. The van der Waals surface area contributed by atoms with Gasteiger partial charge in [0.2, 0.25) is 10.0 Å². The summed E-state index contributed by atoms with van der Waals surface area (Å²) in [6.07, 6.45) is 3.14. The number of sulfonamides is 1. The summed E-state index contributed by atoms with van der Waals surface area (Å²) in [7, 11) is -2.09. The van der Waals surface area contributed by atoms with Crippen LogP contribution < -0.4 is 14.4 Å². The summed E-state index contributed by atoms with van der Waals surface area (Å²) in [6.45, 7) is 2.02. The fraction of sp³-hybridized carbons (Fsp3) is 0.304. The van der Waals surface area contributed by atoms with Crippen molar-refractivity contribution in [2.24, 2.45) is 0 Å². The number of nitrogens with zero attached hydrogens (tertiary/aromatic N) is 3. The van der Waals surface area contributed by atoms with E-state index in [4.69, 9.17) is 4.74 Å². The predicted octanol–water partition coefficient (Wildman–Crippen LogP) is 3.11. The highest BCUT2D eigenvalue weighted by Crippen LogP contribution is 2.34. The Morgan fingerprint density at radius 1 is 1.20 bits per heavy atom. The second-order valence-electron chi connectivity index (χ2n) is 8.24. The van der Waals surface area contributed by atoms with E-state index in [1.165, 1.54) is 16.2 Å². The third kappa shape index (κ3) is 4.64. The first-order valence-electron chi connectivity index (χ1n) is 11.1. The summed E-state index contributed by atoms with van der Waals surface area (Å²) in [4.78, 5) is 22.2. The van der Waals surface area contributed by atoms with Crippen LogP contribution in [0.4, 0.5) is 10.6 Å². The van der Waals surface area contributed by atoms with E-state index in [2.05, 4.69) is 14.7 Å². The van der Waals surface area contributed by atoms with Gasteiger partial charge in [-0.15, -0.1) is 11.3 Å². The molecule has 1 fully saturated rings. The molecule has 1 amide bonds. The maximum absolute atomic E-state index is 13.1. The highest BCUT2D eigenvalue weighted by molar-refractivity contribution is 7.91. The monoisotopic (exact) mass is 515 g/mol. The molecule has 12 heteroatoms. The highest BCUT2D eigenvalue weighted by atomic mass is 32.2. The average Bonchev–Trinajstić information content (AvgIpc) is 3.48. The van der Waals surface area contributed by atoms with Crippen LogP contribution in [0.25, 0.3) is 21.0 Å². The van der Waals surface area contributed by atoms with Gasteiger partial charge in [-0.3, -0.25) is 0 Å². The molecule has 3 N–H and O–H groups in total. The summed E-state index contributed by atoms with van der Waals surface area (Å²) in [5, 5.41) is 10.9. The van der Waals surface area contributed by atoms with E-state index >= 15 is 0 Å². The minimum atomic E-state index is -3.71. The van der Waals surface area contributed by atoms with Gasteiger partial charge in [-0.2, -0.15) is 0 Å². The molecule has 184 valence electrons. The molecule has 4 aromatic rings. The quantitative estimate of drug-likeness (QED) is 0.345. The number of H-pyrrole nitrogens is 1. The maximum Gasteiger partial charge on any atom is 0.407 e. The average molecular weight is 516 g/mol. The number of hydrogen-bond acceptors (Lipinski definition) is 7. The van der Waals surface area contributed by atoms with E-state index in [0.29, 0.717) is 38.4 Å². The molecule has 5 rings (SSSR count). The molecule has 35 heavy (non-hydrogen) atoms. The number of pyridine rings is 1. The summed E-state index contributed by atoms with van der Waals surface area (Å²) in [5.41, 5.74) is 1.97. The van der Waals surface area contributed by atoms with Crippen LogP contribution in [0.5, 0.6) is 5.75 Å². The number of methoxy groups -OCH3 is 1. The lowest BCUT2D eigenvalue weighted by atomic mass is 10.1. The van der Waals surface area contributed by atoms with Crippen molar-refractivity contribution in [1.82, 2.24) is 19.6 Å². The van der Waals surface area contributed by atoms with Gasteiger partial charge in [0.05, 0.1) is 7.11 Å². The molecule has 3 aromatic heterocycles. The van der Waals surface area contributed by atoms with Crippen molar-refractivity contribution < 1.29 is 23.1 Å². The Hall–Kier alpha value is -3.35. The Balaban J connectivity index is 1.31. The molecular weight excluding hydrogens is 490 g/mol. The molecule has 4 heterocycles. The van der Waals surface area contributed by atoms with Crippen LogP contribution in [-0.2, 0) is 16.4 Å². The summed E-state index contributed by atoms with van der Waals surface area (Å²) < 4.78 is 35.2. The SMILES string of the molecule is COc1ccc2[nH]cc(CCNS(=O)(=O)c3cc4c(N5CCN(C(=O)O)CC5)nccc4s3)c2c1. The van der Waals surface area contributed by atoms with Gasteiger partial charge in [0, 0.05) is 66.1 Å². The Morgan fingerprint density at radius 2 is 2.00 bits per heavy atom. The molecule has 0 saturated carbocycles. The maximum atomic E-state index is 13.1. The molecule has 0 atom stereocenters. The first kappa shape index (κ1) is 23.4. The number of hydrogen-bond donors (Lipinski definition) is 3. The van der Waals surface area contributed by atoms with Gasteiger partial charge in [-0.05, 0) is 42.3 Å². The molecule has 0 bridgehead atoms. The molecule has 1 aliphatic heterocycles. The lowest BCUT2D eigenvalue weighted by Gasteiger charge is -2.34. The van der Waals surface area contributed by atoms with Crippen molar-refractivity contribution in [1.29, 1.82) is 0 Å². The molecule has 10 nitrogen and oxygen atoms in total. The fourth-order valence-corrected chi connectivity index (χ4v) is 6.76. The van der Waals surface area contributed by atoms with Crippen molar-refractivity contribution in [3.05, 3.63) is 48.3 Å². The molecule has 0 unspecified atom stereocenters. The van der Waals surface area contributed by atoms with Crippen LogP contribution in [0.3, 0.4) is 0 Å². The number of nitrogens with one attached hydrogen (secondary N) is 2. The first-order valence-corrected chi connectivity index (χ1v) is 13.4. The van der Waals surface area contributed by atoms with Crippen molar-refractivity contribution >= 4 is 54.3 Å². The number of benzene rings is 1. The lowest BCUT2D eigenvalue weighted by molar-refractivity contribution is 0.142. The van der Waals surface area contributed by atoms with Crippen LogP contribution >= 0.6 is 11.3 Å². The summed E-state index contributed by atoms with van der Waals surface area (Å²) >= 11 is 1.20. The van der Waals surface area contributed by atoms with Gasteiger partial charge in [0.15, 0.2) is 0 Å². The number of anilines is 1. The zero-order valence-electron chi connectivity index (χ0n) is 19.0. The van der Waals surface area contributed by atoms with Crippen LogP contribution in [-0.4, -0.2) is 74.3 Å². The molecule has 0 aliphatic carbocycles. The molecule has 0 spiro atoms. The van der Waals surface area contributed by atoms with Crippen molar-refractivity contribution in [3.8, 4) is 5.75 Å².